The van der Waals surface area contributed by atoms with Crippen LogP contribution in [0.15, 0.2) is 18.3 Å². The Labute approximate surface area is 121 Å². The van der Waals surface area contributed by atoms with Gasteiger partial charge in [0, 0.05) is 12.1 Å². The van der Waals surface area contributed by atoms with Crippen LogP contribution in [-0.4, -0.2) is 29.5 Å². The van der Waals surface area contributed by atoms with Gasteiger partial charge in [0.05, 0.1) is 11.9 Å². The summed E-state index contributed by atoms with van der Waals surface area (Å²) in [6.07, 6.45) is 7.39. The maximum Gasteiger partial charge on any atom is 0.141 e. The highest BCUT2D eigenvalue weighted by Gasteiger charge is 2.22. The van der Waals surface area contributed by atoms with E-state index in [1.54, 1.807) is 6.07 Å². The number of nitrogens with two attached hydrogens (primary N) is 1. The second-order valence-electron chi connectivity index (χ2n) is 6.20. The fourth-order valence-electron chi connectivity index (χ4n) is 3.08. The first-order valence-corrected chi connectivity index (χ1v) is 7.63. The first kappa shape index (κ1) is 15.4. The molecule has 0 spiro atoms. The van der Waals surface area contributed by atoms with E-state index in [1.807, 2.05) is 0 Å². The van der Waals surface area contributed by atoms with Crippen molar-refractivity contribution in [2.24, 2.45) is 11.7 Å². The number of rotatable bonds is 5. The van der Waals surface area contributed by atoms with Crippen molar-refractivity contribution in [3.8, 4) is 0 Å². The van der Waals surface area contributed by atoms with E-state index in [4.69, 9.17) is 5.73 Å². The zero-order valence-electron chi connectivity index (χ0n) is 12.6. The maximum atomic E-state index is 12.8. The van der Waals surface area contributed by atoms with Gasteiger partial charge >= 0.3 is 0 Å². The molecule has 112 valence electrons. The molecule has 0 bridgehead atoms. The second kappa shape index (κ2) is 7.14. The van der Waals surface area contributed by atoms with Crippen LogP contribution in [0.1, 0.15) is 50.8 Å². The Morgan fingerprint density at radius 3 is 2.90 bits per heavy atom. The van der Waals surface area contributed by atoms with E-state index in [-0.39, 0.29) is 11.9 Å². The van der Waals surface area contributed by atoms with Crippen LogP contribution < -0.4 is 5.73 Å². The molecule has 3 atom stereocenters. The highest BCUT2D eigenvalue weighted by atomic mass is 19.1. The van der Waals surface area contributed by atoms with Crippen molar-refractivity contribution in [2.75, 3.05) is 13.6 Å². The smallest absolute Gasteiger partial charge is 0.141 e. The van der Waals surface area contributed by atoms with Gasteiger partial charge in [0.2, 0.25) is 0 Å². The molecule has 0 radical (unpaired) electrons. The van der Waals surface area contributed by atoms with Gasteiger partial charge in [-0.15, -0.1) is 0 Å². The van der Waals surface area contributed by atoms with E-state index < -0.39 is 0 Å². The van der Waals surface area contributed by atoms with Crippen molar-refractivity contribution in [2.45, 2.75) is 51.1 Å². The molecule has 3 unspecified atom stereocenters. The largest absolute Gasteiger partial charge is 0.323 e. The van der Waals surface area contributed by atoms with Gasteiger partial charge in [0.1, 0.15) is 5.82 Å². The Morgan fingerprint density at radius 1 is 1.45 bits per heavy atom. The lowest BCUT2D eigenvalue weighted by molar-refractivity contribution is 0.160. The summed E-state index contributed by atoms with van der Waals surface area (Å²) in [6.45, 7) is 3.31. The van der Waals surface area contributed by atoms with Crippen molar-refractivity contribution in [3.63, 3.8) is 0 Å². The molecule has 3 nitrogen and oxygen atoms in total. The molecule has 0 aliphatic heterocycles. The van der Waals surface area contributed by atoms with Crippen molar-refractivity contribution in [1.82, 2.24) is 9.88 Å². The third-order valence-electron chi connectivity index (χ3n) is 4.46. The van der Waals surface area contributed by atoms with Crippen molar-refractivity contribution in [3.05, 3.63) is 29.8 Å². The zero-order chi connectivity index (χ0) is 14.5. The van der Waals surface area contributed by atoms with E-state index in [0.717, 1.165) is 24.6 Å². The SMILES string of the molecule is CC1CCCC(N(C)CCC(N)c2ccc(F)cn2)C1. The van der Waals surface area contributed by atoms with Gasteiger partial charge < -0.3 is 10.6 Å². The van der Waals surface area contributed by atoms with Crippen LogP contribution in [0.4, 0.5) is 4.39 Å². The van der Waals surface area contributed by atoms with E-state index in [1.165, 1.54) is 37.9 Å². The minimum atomic E-state index is -0.311. The minimum absolute atomic E-state index is 0.112. The van der Waals surface area contributed by atoms with Gasteiger partial charge in [-0.05, 0) is 50.9 Å². The van der Waals surface area contributed by atoms with Gasteiger partial charge in [-0.1, -0.05) is 19.8 Å². The van der Waals surface area contributed by atoms with Crippen molar-refractivity contribution < 1.29 is 4.39 Å². The van der Waals surface area contributed by atoms with Crippen LogP contribution in [0.5, 0.6) is 0 Å². The molecule has 0 saturated heterocycles. The molecule has 2 rings (SSSR count). The number of hydrogen-bond acceptors (Lipinski definition) is 3. The van der Waals surface area contributed by atoms with Crippen LogP contribution in [0.3, 0.4) is 0 Å². The molecule has 1 heterocycles. The number of pyridine rings is 1. The van der Waals surface area contributed by atoms with E-state index in [2.05, 4.69) is 23.9 Å². The van der Waals surface area contributed by atoms with Crippen molar-refractivity contribution in [1.29, 1.82) is 0 Å². The molecule has 1 aromatic heterocycles. The van der Waals surface area contributed by atoms with Gasteiger partial charge in [-0.25, -0.2) is 4.39 Å². The summed E-state index contributed by atoms with van der Waals surface area (Å²) >= 11 is 0. The highest BCUT2D eigenvalue weighted by molar-refractivity contribution is 5.09. The fraction of sp³-hybridized carbons (Fsp3) is 0.688. The Kier molecular flexibility index (Phi) is 5.49. The monoisotopic (exact) mass is 279 g/mol. The molecular formula is C16H26FN3. The van der Waals surface area contributed by atoms with Crippen LogP contribution >= 0.6 is 0 Å². The van der Waals surface area contributed by atoms with Crippen LogP contribution in [-0.2, 0) is 0 Å². The lowest BCUT2D eigenvalue weighted by Crippen LogP contribution is -2.37. The summed E-state index contributed by atoms with van der Waals surface area (Å²) < 4.78 is 12.8. The number of hydrogen-bond donors (Lipinski definition) is 1. The number of halogens is 1. The molecule has 20 heavy (non-hydrogen) atoms. The summed E-state index contributed by atoms with van der Waals surface area (Å²) in [4.78, 5) is 6.49. The first-order chi connectivity index (χ1) is 9.56. The predicted octanol–water partition coefficient (Wildman–Crippen LogP) is 3.12. The van der Waals surface area contributed by atoms with Crippen molar-refractivity contribution >= 4 is 0 Å². The molecule has 4 heteroatoms. The van der Waals surface area contributed by atoms with Crippen LogP contribution in [0.25, 0.3) is 0 Å². The Morgan fingerprint density at radius 2 is 2.25 bits per heavy atom. The lowest BCUT2D eigenvalue weighted by Gasteiger charge is -2.34. The normalized spacial score (nSPS) is 24.9. The summed E-state index contributed by atoms with van der Waals surface area (Å²) in [6, 6.07) is 3.68. The second-order valence-corrected chi connectivity index (χ2v) is 6.20. The van der Waals surface area contributed by atoms with Gasteiger partial charge in [-0.2, -0.15) is 0 Å². The molecule has 0 amide bonds. The lowest BCUT2D eigenvalue weighted by atomic mass is 9.86. The summed E-state index contributed by atoms with van der Waals surface area (Å²) in [5.74, 6) is 0.526. The standard InChI is InChI=1S/C16H26FN3/c1-12-4-3-5-14(10-12)20(2)9-8-15(18)16-7-6-13(17)11-19-16/h6-7,11-12,14-15H,3-5,8-10,18H2,1-2H3. The van der Waals surface area contributed by atoms with Gasteiger partial charge in [0.15, 0.2) is 0 Å². The summed E-state index contributed by atoms with van der Waals surface area (Å²) in [7, 11) is 2.19. The third kappa shape index (κ3) is 4.25. The third-order valence-corrected chi connectivity index (χ3v) is 4.46. The minimum Gasteiger partial charge on any atom is -0.323 e. The predicted molar refractivity (Wildman–Crippen MR) is 79.8 cm³/mol. The van der Waals surface area contributed by atoms with E-state index >= 15 is 0 Å². The molecule has 2 N–H and O–H groups in total. The molecule has 0 aromatic carbocycles. The first-order valence-electron chi connectivity index (χ1n) is 7.63. The molecule has 1 aliphatic rings. The molecule has 1 aliphatic carbocycles. The number of aromatic nitrogens is 1. The Hall–Kier alpha value is -1.00. The van der Waals surface area contributed by atoms with Gasteiger partial charge in [0.25, 0.3) is 0 Å². The zero-order valence-corrected chi connectivity index (χ0v) is 12.6. The Bertz CT molecular complexity index is 407. The maximum absolute atomic E-state index is 12.8. The number of nitrogens with zero attached hydrogens (tertiary/aromatic N) is 2. The highest BCUT2D eigenvalue weighted by Crippen LogP contribution is 2.27. The van der Waals surface area contributed by atoms with Crippen LogP contribution in [0.2, 0.25) is 0 Å². The topological polar surface area (TPSA) is 42.1 Å². The molecular weight excluding hydrogens is 253 g/mol. The summed E-state index contributed by atoms with van der Waals surface area (Å²) in [5, 5.41) is 0. The Balaban J connectivity index is 1.80. The molecule has 1 saturated carbocycles. The van der Waals surface area contributed by atoms with Crippen LogP contribution in [0, 0.1) is 11.7 Å². The average Bonchev–Trinajstić information content (AvgIpc) is 2.45. The quantitative estimate of drug-likeness (QED) is 0.900. The van der Waals surface area contributed by atoms with E-state index in [0.29, 0.717) is 6.04 Å². The molecule has 1 fully saturated rings. The van der Waals surface area contributed by atoms with E-state index in [9.17, 15) is 4.39 Å². The fourth-order valence-corrected chi connectivity index (χ4v) is 3.08. The summed E-state index contributed by atoms with van der Waals surface area (Å²) in [5.41, 5.74) is 6.91. The average molecular weight is 279 g/mol. The van der Waals surface area contributed by atoms with Gasteiger partial charge in [-0.3, -0.25) is 4.98 Å². The molecule has 1 aromatic rings.